The van der Waals surface area contributed by atoms with Crippen LogP contribution < -0.4 is 5.32 Å². The van der Waals surface area contributed by atoms with Crippen molar-refractivity contribution in [3.8, 4) is 0 Å². The summed E-state index contributed by atoms with van der Waals surface area (Å²) in [6.07, 6.45) is 0.861. The van der Waals surface area contributed by atoms with Crippen molar-refractivity contribution in [2.45, 2.75) is 13.3 Å². The van der Waals surface area contributed by atoms with Gasteiger partial charge in [0.1, 0.15) is 5.82 Å². The van der Waals surface area contributed by atoms with E-state index in [-0.39, 0.29) is 15.6 Å². The van der Waals surface area contributed by atoms with Crippen molar-refractivity contribution in [3.05, 3.63) is 63.4 Å². The van der Waals surface area contributed by atoms with Gasteiger partial charge >= 0.3 is 0 Å². The molecule has 2 nitrogen and oxygen atoms in total. The highest BCUT2D eigenvalue weighted by Gasteiger charge is 2.14. The first-order valence-corrected chi connectivity index (χ1v) is 6.81. The lowest BCUT2D eigenvalue weighted by Gasteiger charge is -2.08. The number of carbonyl (C=O) groups is 1. The third-order valence-corrected chi connectivity index (χ3v) is 3.45. The molecule has 0 aliphatic heterocycles. The molecule has 0 saturated carbocycles. The van der Waals surface area contributed by atoms with E-state index in [0.717, 1.165) is 18.1 Å². The lowest BCUT2D eigenvalue weighted by atomic mass is 10.1. The van der Waals surface area contributed by atoms with Crippen LogP contribution in [0.3, 0.4) is 0 Å². The molecule has 0 heterocycles. The highest BCUT2D eigenvalue weighted by Crippen LogP contribution is 2.25. The average molecular weight is 312 g/mol. The van der Waals surface area contributed by atoms with Gasteiger partial charge in [0.15, 0.2) is 0 Å². The Hall–Kier alpha value is -1.58. The van der Waals surface area contributed by atoms with Gasteiger partial charge in [-0.25, -0.2) is 4.39 Å². The highest BCUT2D eigenvalue weighted by atomic mass is 35.5. The van der Waals surface area contributed by atoms with Gasteiger partial charge in [-0.15, -0.1) is 0 Å². The zero-order valence-electron chi connectivity index (χ0n) is 10.7. The Bertz CT molecular complexity index is 658. The summed E-state index contributed by atoms with van der Waals surface area (Å²) in [5.74, 6) is -1.15. The van der Waals surface area contributed by atoms with Crippen LogP contribution in [0.1, 0.15) is 22.8 Å². The number of hydrogen-bond acceptors (Lipinski definition) is 1. The van der Waals surface area contributed by atoms with E-state index in [1.165, 1.54) is 6.07 Å². The Morgan fingerprint density at radius 3 is 2.65 bits per heavy atom. The number of halogens is 3. The maximum atomic E-state index is 13.4. The van der Waals surface area contributed by atoms with Gasteiger partial charge in [-0.2, -0.15) is 0 Å². The second kappa shape index (κ2) is 6.25. The van der Waals surface area contributed by atoms with E-state index in [2.05, 4.69) is 5.32 Å². The molecule has 0 atom stereocenters. The number of rotatable bonds is 3. The Balaban J connectivity index is 2.26. The molecule has 0 radical (unpaired) electrons. The first kappa shape index (κ1) is 14.8. The maximum absolute atomic E-state index is 13.4. The van der Waals surface area contributed by atoms with Gasteiger partial charge in [0.25, 0.3) is 5.91 Å². The quantitative estimate of drug-likeness (QED) is 0.799. The fourth-order valence-corrected chi connectivity index (χ4v) is 2.23. The second-order valence-electron chi connectivity index (χ2n) is 4.25. The van der Waals surface area contributed by atoms with E-state index in [0.29, 0.717) is 5.69 Å². The van der Waals surface area contributed by atoms with Gasteiger partial charge < -0.3 is 5.32 Å². The molecule has 0 bridgehead atoms. The smallest absolute Gasteiger partial charge is 0.257 e. The monoisotopic (exact) mass is 311 g/mol. The lowest BCUT2D eigenvalue weighted by Crippen LogP contribution is -2.13. The van der Waals surface area contributed by atoms with Gasteiger partial charge in [-0.05, 0) is 36.2 Å². The SMILES string of the molecule is CCc1cccc(NC(=O)c2cc(F)c(Cl)cc2Cl)c1. The van der Waals surface area contributed by atoms with E-state index in [1.54, 1.807) is 6.07 Å². The van der Waals surface area contributed by atoms with Crippen LogP contribution in [0.2, 0.25) is 10.0 Å². The zero-order chi connectivity index (χ0) is 14.7. The van der Waals surface area contributed by atoms with E-state index < -0.39 is 11.7 Å². The summed E-state index contributed by atoms with van der Waals surface area (Å²) in [7, 11) is 0. The number of hydrogen-bond donors (Lipinski definition) is 1. The minimum absolute atomic E-state index is 0.0514. The zero-order valence-corrected chi connectivity index (χ0v) is 12.2. The van der Waals surface area contributed by atoms with Gasteiger partial charge in [0.2, 0.25) is 0 Å². The van der Waals surface area contributed by atoms with Crippen LogP contribution >= 0.6 is 23.2 Å². The van der Waals surface area contributed by atoms with Gasteiger partial charge in [-0.3, -0.25) is 4.79 Å². The number of carbonyl (C=O) groups excluding carboxylic acids is 1. The molecule has 5 heteroatoms. The van der Waals surface area contributed by atoms with Crippen molar-refractivity contribution in [1.82, 2.24) is 0 Å². The first-order valence-electron chi connectivity index (χ1n) is 6.06. The standard InChI is InChI=1S/C15H12Cl2FNO/c1-2-9-4-3-5-10(6-9)19-15(20)11-7-14(18)13(17)8-12(11)16/h3-8H,2H2,1H3,(H,19,20). The summed E-state index contributed by atoms with van der Waals surface area (Å²) in [4.78, 5) is 12.1. The molecule has 20 heavy (non-hydrogen) atoms. The number of aryl methyl sites for hydroxylation is 1. The molecular formula is C15H12Cl2FNO. The van der Waals surface area contributed by atoms with Gasteiger partial charge in [0, 0.05) is 5.69 Å². The summed E-state index contributed by atoms with van der Waals surface area (Å²) in [5.41, 5.74) is 1.78. The average Bonchev–Trinajstić information content (AvgIpc) is 2.43. The molecule has 0 aromatic heterocycles. The summed E-state index contributed by atoms with van der Waals surface area (Å²) in [5, 5.41) is 2.69. The fourth-order valence-electron chi connectivity index (χ4n) is 1.76. The summed E-state index contributed by atoms with van der Waals surface area (Å²) in [6, 6.07) is 9.68. The molecule has 0 aliphatic rings. The van der Waals surface area contributed by atoms with Crippen LogP contribution in [0.15, 0.2) is 36.4 Å². The number of amides is 1. The van der Waals surface area contributed by atoms with Crippen molar-refractivity contribution in [1.29, 1.82) is 0 Å². The minimum atomic E-state index is -0.677. The molecule has 0 fully saturated rings. The molecule has 0 aliphatic carbocycles. The predicted molar refractivity (Wildman–Crippen MR) is 80.2 cm³/mol. The molecule has 0 saturated heterocycles. The summed E-state index contributed by atoms with van der Waals surface area (Å²) < 4.78 is 13.4. The fraction of sp³-hybridized carbons (Fsp3) is 0.133. The highest BCUT2D eigenvalue weighted by molar-refractivity contribution is 6.37. The van der Waals surface area contributed by atoms with Gasteiger partial charge in [-0.1, -0.05) is 42.3 Å². The summed E-state index contributed by atoms with van der Waals surface area (Å²) >= 11 is 11.5. The molecule has 1 N–H and O–H groups in total. The van der Waals surface area contributed by atoms with Crippen molar-refractivity contribution in [2.24, 2.45) is 0 Å². The Morgan fingerprint density at radius 1 is 1.20 bits per heavy atom. The molecule has 2 aromatic rings. The maximum Gasteiger partial charge on any atom is 0.257 e. The van der Waals surface area contributed by atoms with Crippen LogP contribution in [0.4, 0.5) is 10.1 Å². The number of benzene rings is 2. The molecule has 2 aromatic carbocycles. The largest absolute Gasteiger partial charge is 0.322 e. The summed E-state index contributed by atoms with van der Waals surface area (Å²) in [6.45, 7) is 2.02. The molecule has 1 amide bonds. The van der Waals surface area contributed by atoms with Crippen molar-refractivity contribution in [3.63, 3.8) is 0 Å². The van der Waals surface area contributed by atoms with Crippen molar-refractivity contribution >= 4 is 34.8 Å². The van der Waals surface area contributed by atoms with Crippen LogP contribution in [0.25, 0.3) is 0 Å². The third kappa shape index (κ3) is 3.30. The van der Waals surface area contributed by atoms with Crippen LogP contribution in [-0.2, 0) is 6.42 Å². The van der Waals surface area contributed by atoms with Gasteiger partial charge in [0.05, 0.1) is 15.6 Å². The van der Waals surface area contributed by atoms with Crippen molar-refractivity contribution < 1.29 is 9.18 Å². The van der Waals surface area contributed by atoms with Crippen LogP contribution in [-0.4, -0.2) is 5.91 Å². The normalized spacial score (nSPS) is 10.4. The number of anilines is 1. The molecule has 0 unspecified atom stereocenters. The molecule has 0 spiro atoms. The first-order chi connectivity index (χ1) is 9.51. The Kier molecular flexibility index (Phi) is 4.63. The Labute approximate surface area is 126 Å². The van der Waals surface area contributed by atoms with E-state index in [9.17, 15) is 9.18 Å². The third-order valence-electron chi connectivity index (χ3n) is 2.85. The van der Waals surface area contributed by atoms with E-state index in [4.69, 9.17) is 23.2 Å². The topological polar surface area (TPSA) is 29.1 Å². The minimum Gasteiger partial charge on any atom is -0.322 e. The van der Waals surface area contributed by atoms with E-state index >= 15 is 0 Å². The molecular weight excluding hydrogens is 300 g/mol. The lowest BCUT2D eigenvalue weighted by molar-refractivity contribution is 0.102. The van der Waals surface area contributed by atoms with Crippen molar-refractivity contribution in [2.75, 3.05) is 5.32 Å². The Morgan fingerprint density at radius 2 is 1.95 bits per heavy atom. The van der Waals surface area contributed by atoms with E-state index in [1.807, 2.05) is 25.1 Å². The van der Waals surface area contributed by atoms with Crippen LogP contribution in [0, 0.1) is 5.82 Å². The molecule has 104 valence electrons. The number of nitrogens with one attached hydrogen (secondary N) is 1. The van der Waals surface area contributed by atoms with Crippen LogP contribution in [0.5, 0.6) is 0 Å². The predicted octanol–water partition coefficient (Wildman–Crippen LogP) is 4.95. The second-order valence-corrected chi connectivity index (χ2v) is 5.07. The molecule has 2 rings (SSSR count).